The van der Waals surface area contributed by atoms with Crippen molar-refractivity contribution < 1.29 is 17.9 Å². The van der Waals surface area contributed by atoms with Crippen molar-refractivity contribution in [2.24, 2.45) is 0 Å². The molecule has 2 amide bonds. The molecule has 3 aliphatic heterocycles. The Morgan fingerprint density at radius 3 is 2.66 bits per heavy atom. The lowest BCUT2D eigenvalue weighted by Crippen LogP contribution is -2.60. The van der Waals surface area contributed by atoms with E-state index in [9.17, 15) is 13.2 Å². The Morgan fingerprint density at radius 2 is 1.88 bits per heavy atom. The first-order valence-corrected chi connectivity index (χ1v) is 13.0. The van der Waals surface area contributed by atoms with Gasteiger partial charge in [-0.25, -0.2) is 17.9 Å². The molecule has 3 heterocycles. The number of carbonyl (C=O) groups excluding carboxylic acids is 1. The average molecular weight is 456 g/mol. The van der Waals surface area contributed by atoms with Gasteiger partial charge in [0.1, 0.15) is 12.4 Å². The fourth-order valence-corrected chi connectivity index (χ4v) is 5.85. The smallest absolute Gasteiger partial charge is 0.320 e. The van der Waals surface area contributed by atoms with Gasteiger partial charge in [-0.2, -0.15) is 0 Å². The van der Waals surface area contributed by atoms with Gasteiger partial charge in [-0.3, -0.25) is 0 Å². The van der Waals surface area contributed by atoms with Crippen molar-refractivity contribution in [3.63, 3.8) is 0 Å². The standard InChI is InChI=1S/C24H29N3O4S/c1-2-32(29,30)25-21-11-13-27-22(21)15-17-6-5-7-18(14-17)20-8-3-4-9-23(20)31-16-19-10-12-26(19)24(27)28/h3-9,14,19,21-22,25H,2,10-13,15-16H2,1H3/t19-,21?,22?/m0/s1. The SMILES string of the molecule is CCS(=O)(=O)NC1CCN2C(=O)N3CC[C@H]3COc3ccccc3-c3cccc(c3)CC12. The normalized spacial score (nSPS) is 25.3. The maximum Gasteiger partial charge on any atom is 0.320 e. The third-order valence-corrected chi connectivity index (χ3v) is 8.32. The maximum absolute atomic E-state index is 13.5. The van der Waals surface area contributed by atoms with E-state index in [1.807, 2.05) is 40.1 Å². The lowest BCUT2D eigenvalue weighted by Gasteiger charge is -2.44. The lowest BCUT2D eigenvalue weighted by atomic mass is 9.96. The molecule has 3 aliphatic rings. The number of nitrogens with zero attached hydrogens (tertiary/aromatic N) is 2. The monoisotopic (exact) mass is 455 g/mol. The molecule has 2 fully saturated rings. The Balaban J connectivity index is 1.54. The van der Waals surface area contributed by atoms with Gasteiger partial charge in [0.05, 0.1) is 17.8 Å². The number of rotatable bonds is 3. The zero-order valence-corrected chi connectivity index (χ0v) is 19.1. The molecular formula is C24H29N3O4S. The minimum atomic E-state index is -3.37. The second-order valence-electron chi connectivity index (χ2n) is 8.81. The number of nitrogens with one attached hydrogen (secondary N) is 1. The number of hydrogen-bond acceptors (Lipinski definition) is 4. The largest absolute Gasteiger partial charge is 0.491 e. The Bertz CT molecular complexity index is 1120. The van der Waals surface area contributed by atoms with Gasteiger partial charge >= 0.3 is 6.03 Å². The minimum absolute atomic E-state index is 0.0169. The zero-order chi connectivity index (χ0) is 22.3. The van der Waals surface area contributed by atoms with Crippen LogP contribution in [0.3, 0.4) is 0 Å². The highest BCUT2D eigenvalue weighted by molar-refractivity contribution is 7.89. The molecule has 32 heavy (non-hydrogen) atoms. The number of carbonyl (C=O) groups is 1. The second-order valence-corrected chi connectivity index (χ2v) is 10.8. The minimum Gasteiger partial charge on any atom is -0.491 e. The predicted octanol–water partition coefficient (Wildman–Crippen LogP) is 2.87. The Morgan fingerprint density at radius 1 is 1.06 bits per heavy atom. The molecule has 0 aromatic heterocycles. The molecule has 0 radical (unpaired) electrons. The molecule has 0 aliphatic carbocycles. The van der Waals surface area contributed by atoms with Gasteiger partial charge in [0, 0.05) is 24.7 Å². The molecule has 2 aromatic rings. The molecule has 2 saturated heterocycles. The van der Waals surface area contributed by atoms with Crippen molar-refractivity contribution in [1.82, 2.24) is 14.5 Å². The molecule has 2 unspecified atom stereocenters. The summed E-state index contributed by atoms with van der Waals surface area (Å²) in [7, 11) is -3.37. The fourth-order valence-electron chi connectivity index (χ4n) is 4.95. The number of para-hydroxylation sites is 1. The van der Waals surface area contributed by atoms with Gasteiger partial charge in [0.15, 0.2) is 0 Å². The first-order valence-electron chi connectivity index (χ1n) is 11.3. The van der Waals surface area contributed by atoms with E-state index in [0.717, 1.165) is 28.9 Å². The third-order valence-electron chi connectivity index (χ3n) is 6.89. The highest BCUT2D eigenvalue weighted by Gasteiger charge is 2.43. The van der Waals surface area contributed by atoms with E-state index in [-0.39, 0.29) is 29.9 Å². The van der Waals surface area contributed by atoms with Gasteiger partial charge < -0.3 is 14.5 Å². The van der Waals surface area contributed by atoms with Crippen LogP contribution in [0.1, 0.15) is 25.3 Å². The summed E-state index contributed by atoms with van der Waals surface area (Å²) in [5.41, 5.74) is 3.16. The van der Waals surface area contributed by atoms with E-state index in [1.165, 1.54) is 0 Å². The average Bonchev–Trinajstić information content (AvgIpc) is 3.14. The van der Waals surface area contributed by atoms with E-state index in [1.54, 1.807) is 6.92 Å². The van der Waals surface area contributed by atoms with Crippen LogP contribution >= 0.6 is 0 Å². The summed E-state index contributed by atoms with van der Waals surface area (Å²) in [6.45, 7) is 3.34. The first-order chi connectivity index (χ1) is 15.4. The molecule has 2 bridgehead atoms. The fraction of sp³-hybridized carbons (Fsp3) is 0.458. The van der Waals surface area contributed by atoms with Gasteiger partial charge in [0.25, 0.3) is 0 Å². The summed E-state index contributed by atoms with van der Waals surface area (Å²) in [6.07, 6.45) is 2.12. The number of urea groups is 1. The molecule has 8 heteroatoms. The van der Waals surface area contributed by atoms with Crippen molar-refractivity contribution in [2.75, 3.05) is 25.4 Å². The quantitative estimate of drug-likeness (QED) is 0.772. The molecular weight excluding hydrogens is 426 g/mol. The Hall–Kier alpha value is -2.58. The number of benzene rings is 2. The van der Waals surface area contributed by atoms with Gasteiger partial charge in [0.2, 0.25) is 10.0 Å². The summed E-state index contributed by atoms with van der Waals surface area (Å²) in [5.74, 6) is 0.847. The van der Waals surface area contributed by atoms with E-state index in [0.29, 0.717) is 32.5 Å². The lowest BCUT2D eigenvalue weighted by molar-refractivity contribution is 0.0546. The number of ether oxygens (including phenoxy) is 1. The summed E-state index contributed by atoms with van der Waals surface area (Å²) in [5, 5.41) is 0. The summed E-state index contributed by atoms with van der Waals surface area (Å²) >= 11 is 0. The molecule has 3 atom stereocenters. The van der Waals surface area contributed by atoms with Crippen LogP contribution in [0.5, 0.6) is 5.75 Å². The van der Waals surface area contributed by atoms with Crippen molar-refractivity contribution in [3.8, 4) is 16.9 Å². The maximum atomic E-state index is 13.5. The molecule has 170 valence electrons. The molecule has 7 nitrogen and oxygen atoms in total. The van der Waals surface area contributed by atoms with Gasteiger partial charge in [-0.1, -0.05) is 42.5 Å². The highest BCUT2D eigenvalue weighted by atomic mass is 32.2. The zero-order valence-electron chi connectivity index (χ0n) is 18.2. The van der Waals surface area contributed by atoms with Crippen molar-refractivity contribution in [3.05, 3.63) is 54.1 Å². The van der Waals surface area contributed by atoms with Crippen LogP contribution in [0.15, 0.2) is 48.5 Å². The summed E-state index contributed by atoms with van der Waals surface area (Å²) in [6, 6.07) is 15.7. The van der Waals surface area contributed by atoms with Crippen molar-refractivity contribution in [2.45, 2.75) is 44.3 Å². The highest BCUT2D eigenvalue weighted by Crippen LogP contribution is 2.34. The van der Waals surface area contributed by atoms with Crippen LogP contribution in [0.25, 0.3) is 11.1 Å². The molecule has 5 rings (SSSR count). The Kier molecular flexibility index (Phi) is 5.59. The second kappa shape index (κ2) is 8.41. The van der Waals surface area contributed by atoms with Crippen LogP contribution in [0.2, 0.25) is 0 Å². The molecule has 2 aromatic carbocycles. The van der Waals surface area contributed by atoms with E-state index >= 15 is 0 Å². The van der Waals surface area contributed by atoms with Crippen molar-refractivity contribution in [1.29, 1.82) is 0 Å². The number of amides is 2. The van der Waals surface area contributed by atoms with Gasteiger partial charge in [-0.15, -0.1) is 0 Å². The van der Waals surface area contributed by atoms with E-state index < -0.39 is 10.0 Å². The number of fused-ring (bicyclic) bond motifs is 6. The first kappa shape index (κ1) is 21.3. The summed E-state index contributed by atoms with van der Waals surface area (Å²) < 4.78 is 33.7. The van der Waals surface area contributed by atoms with Crippen LogP contribution < -0.4 is 9.46 Å². The van der Waals surface area contributed by atoms with E-state index in [2.05, 4.69) is 22.9 Å². The van der Waals surface area contributed by atoms with Crippen LogP contribution in [0, 0.1) is 0 Å². The number of hydrogen-bond donors (Lipinski definition) is 1. The number of sulfonamides is 1. The summed E-state index contributed by atoms with van der Waals surface area (Å²) in [4.78, 5) is 17.2. The predicted molar refractivity (Wildman–Crippen MR) is 123 cm³/mol. The molecule has 1 N–H and O–H groups in total. The van der Waals surface area contributed by atoms with Crippen LogP contribution in [0.4, 0.5) is 4.79 Å². The van der Waals surface area contributed by atoms with Crippen LogP contribution in [-0.4, -0.2) is 67.8 Å². The van der Waals surface area contributed by atoms with Gasteiger partial charge in [-0.05, 0) is 43.4 Å². The van der Waals surface area contributed by atoms with Crippen molar-refractivity contribution >= 4 is 16.1 Å². The third kappa shape index (κ3) is 3.97. The molecule has 0 spiro atoms. The van der Waals surface area contributed by atoms with E-state index in [4.69, 9.17) is 4.74 Å². The topological polar surface area (TPSA) is 79.0 Å². The Labute approximate surface area is 189 Å². The van der Waals surface area contributed by atoms with Crippen LogP contribution in [-0.2, 0) is 16.4 Å². The molecule has 0 saturated carbocycles.